The first kappa shape index (κ1) is 14.4. The van der Waals surface area contributed by atoms with Crippen LogP contribution in [0.3, 0.4) is 0 Å². The minimum absolute atomic E-state index is 0. The number of halogens is 1. The van der Waals surface area contributed by atoms with Gasteiger partial charge in [0.15, 0.2) is 0 Å². The number of rotatable bonds is 1. The summed E-state index contributed by atoms with van der Waals surface area (Å²) in [7, 11) is 0. The zero-order chi connectivity index (χ0) is 10.4. The number of Topliss-reactive ketones (excluding diaryl/α,β-unsaturated/α-hetero) is 1. The average molecular weight is 307 g/mol. The van der Waals surface area contributed by atoms with E-state index in [9.17, 15) is 4.79 Å². The molecule has 0 aliphatic heterocycles. The number of hydrogen-bond acceptors (Lipinski definition) is 1. The zero-order valence-corrected chi connectivity index (χ0v) is 10.9. The van der Waals surface area contributed by atoms with Crippen LogP contribution in [0, 0.1) is 0 Å². The molecule has 0 spiro atoms. The summed E-state index contributed by atoms with van der Waals surface area (Å²) >= 11 is 3.28. The largest absolute Gasteiger partial charge is 0.747 e. The Labute approximate surface area is 109 Å². The molecule has 0 saturated carbocycles. The Balaban J connectivity index is 0.000000253. The summed E-state index contributed by atoms with van der Waals surface area (Å²) < 4.78 is 1.16. The Kier molecular flexibility index (Phi) is 7.31. The first-order valence-electron chi connectivity index (χ1n) is 4.30. The van der Waals surface area contributed by atoms with Crippen LogP contribution in [0.2, 0.25) is 0 Å². The second-order valence-corrected chi connectivity index (χ2v) is 3.75. The summed E-state index contributed by atoms with van der Waals surface area (Å²) in [6.45, 7) is 1.56. The van der Waals surface area contributed by atoms with Crippen LogP contribution in [0.4, 0.5) is 0 Å². The molecular weight excluding hydrogens is 296 g/mol. The van der Waals surface area contributed by atoms with Crippen molar-refractivity contribution in [2.75, 3.05) is 0 Å². The summed E-state index contributed by atoms with van der Waals surface area (Å²) in [5.41, 5.74) is 0.796. The summed E-state index contributed by atoms with van der Waals surface area (Å²) in [5, 5.41) is 0. The summed E-state index contributed by atoms with van der Waals surface area (Å²) in [5.74, 6) is 0.134. The van der Waals surface area contributed by atoms with Crippen molar-refractivity contribution >= 4 is 21.7 Å². The van der Waals surface area contributed by atoms with Crippen LogP contribution in [0.15, 0.2) is 53.0 Å². The van der Waals surface area contributed by atoms with Crippen molar-refractivity contribution in [1.29, 1.82) is 0 Å². The third-order valence-corrected chi connectivity index (χ3v) is 2.22. The van der Waals surface area contributed by atoms with E-state index in [4.69, 9.17) is 0 Å². The molecule has 15 heavy (non-hydrogen) atoms. The maximum absolute atomic E-state index is 10.5. The van der Waals surface area contributed by atoms with Crippen LogP contribution in [0.1, 0.15) is 17.3 Å². The van der Waals surface area contributed by atoms with Crippen molar-refractivity contribution in [2.45, 2.75) is 6.92 Å². The fraction of sp³-hybridized carbons (Fsp3) is 0.0833. The van der Waals surface area contributed by atoms with E-state index in [-0.39, 0.29) is 22.9 Å². The monoisotopic (exact) mass is 306 g/mol. The van der Waals surface area contributed by atoms with Gasteiger partial charge in [-0.2, -0.15) is 12.1 Å². The second kappa shape index (κ2) is 7.63. The molecule has 86 valence electrons. The molecule has 1 nitrogen and oxygen atoms in total. The molecule has 0 saturated heterocycles. The number of hydrogen-bond donors (Lipinski definition) is 0. The van der Waals surface area contributed by atoms with Crippen LogP contribution >= 0.6 is 15.9 Å². The zero-order valence-electron chi connectivity index (χ0n) is 8.26. The number of carbonyl (C=O) groups excluding carboxylic acids is 1. The van der Waals surface area contributed by atoms with Crippen molar-refractivity contribution in [3.05, 3.63) is 58.6 Å². The molecule has 0 bridgehead atoms. The van der Waals surface area contributed by atoms with Crippen LogP contribution < -0.4 is 0 Å². The van der Waals surface area contributed by atoms with Gasteiger partial charge >= 0.3 is 0 Å². The van der Waals surface area contributed by atoms with Gasteiger partial charge in [0.25, 0.3) is 0 Å². The molecule has 0 aromatic heterocycles. The van der Waals surface area contributed by atoms with Crippen LogP contribution in [-0.4, -0.2) is 5.78 Å². The van der Waals surface area contributed by atoms with Gasteiger partial charge in [0, 0.05) is 17.1 Å². The van der Waals surface area contributed by atoms with E-state index in [1.807, 2.05) is 48.5 Å². The number of carbonyl (C=O) groups is 1. The Bertz CT molecular complexity index is 362. The molecule has 0 radical (unpaired) electrons. The second-order valence-electron chi connectivity index (χ2n) is 2.83. The third-order valence-electron chi connectivity index (χ3n) is 1.69. The van der Waals surface area contributed by atoms with Gasteiger partial charge in [-0.15, -0.1) is 0 Å². The summed E-state index contributed by atoms with van der Waals surface area (Å²) in [6.07, 6.45) is 0. The van der Waals surface area contributed by atoms with Crippen LogP contribution in [-0.2, 0) is 17.1 Å². The normalized spacial score (nSPS) is 8.40. The van der Waals surface area contributed by atoms with Crippen molar-refractivity contribution in [3.63, 3.8) is 0 Å². The minimum Gasteiger partial charge on any atom is -0.747 e. The Hall–Kier alpha value is -0.631. The maximum atomic E-state index is 10.5. The predicted molar refractivity (Wildman–Crippen MR) is 61.8 cm³/mol. The molecule has 2 aromatic rings. The van der Waals surface area contributed by atoms with Crippen molar-refractivity contribution in [2.24, 2.45) is 0 Å². The third kappa shape index (κ3) is 5.73. The predicted octanol–water partition coefficient (Wildman–Crippen LogP) is 3.77. The topological polar surface area (TPSA) is 17.1 Å². The molecule has 2 rings (SSSR count). The summed E-state index contributed by atoms with van der Waals surface area (Å²) in [4.78, 5) is 10.5. The molecule has 0 fully saturated rings. The molecule has 3 heteroatoms. The standard InChI is InChI=1S/C7H7O.C5H4Br.Fe/c1-6(8)7-4-2-3-5-7;6-5-3-1-2-4-5;/h2-5H,1H3;1-4H;/q-1;-5;. The Morgan fingerprint density at radius 3 is 1.87 bits per heavy atom. The van der Waals surface area contributed by atoms with E-state index < -0.39 is 0 Å². The van der Waals surface area contributed by atoms with Gasteiger partial charge in [0.05, 0.1) is 0 Å². The van der Waals surface area contributed by atoms with Gasteiger partial charge in [0.2, 0.25) is 0 Å². The fourth-order valence-corrected chi connectivity index (χ4v) is 1.26. The molecule has 0 aliphatic rings. The molecule has 0 unspecified atom stereocenters. The average Bonchev–Trinajstić information content (AvgIpc) is 2.75. The molecular formula is C12H11BrFeO-6. The Morgan fingerprint density at radius 1 is 1.20 bits per heavy atom. The molecule has 0 amide bonds. The van der Waals surface area contributed by atoms with Crippen molar-refractivity contribution < 1.29 is 21.9 Å². The van der Waals surface area contributed by atoms with Gasteiger partial charge in [-0.05, 0) is 6.92 Å². The van der Waals surface area contributed by atoms with E-state index in [0.29, 0.717) is 0 Å². The van der Waals surface area contributed by atoms with E-state index in [2.05, 4.69) is 15.9 Å². The van der Waals surface area contributed by atoms with Gasteiger partial charge in [-0.3, -0.25) is 0 Å². The number of ketones is 1. The molecule has 0 aliphatic carbocycles. The van der Waals surface area contributed by atoms with E-state index in [0.717, 1.165) is 10.0 Å². The summed E-state index contributed by atoms with van der Waals surface area (Å²) in [6, 6.07) is 15.3. The molecule has 0 atom stereocenters. The van der Waals surface area contributed by atoms with Crippen molar-refractivity contribution in [3.8, 4) is 0 Å². The SMILES string of the molecule is Br[c-]1[cH-][cH-][cH-][cH-]1.CC(=O)[c-]1cccc1.[Fe]. The van der Waals surface area contributed by atoms with Gasteiger partial charge < -0.3 is 49.5 Å². The molecule has 0 N–H and O–H groups in total. The first-order valence-corrected chi connectivity index (χ1v) is 5.09. The van der Waals surface area contributed by atoms with E-state index in [1.54, 1.807) is 6.92 Å². The maximum Gasteiger partial charge on any atom is 0.105 e. The quantitative estimate of drug-likeness (QED) is 0.445. The van der Waals surface area contributed by atoms with Crippen molar-refractivity contribution in [1.82, 2.24) is 0 Å². The van der Waals surface area contributed by atoms with E-state index >= 15 is 0 Å². The first-order chi connectivity index (χ1) is 6.70. The van der Waals surface area contributed by atoms with Crippen LogP contribution in [0.25, 0.3) is 0 Å². The smallest absolute Gasteiger partial charge is 0.105 e. The van der Waals surface area contributed by atoms with E-state index in [1.165, 1.54) is 0 Å². The van der Waals surface area contributed by atoms with Gasteiger partial charge in [-0.1, -0.05) is 5.56 Å². The molecule has 2 aromatic carbocycles. The van der Waals surface area contributed by atoms with Gasteiger partial charge in [0.1, 0.15) is 5.78 Å². The van der Waals surface area contributed by atoms with Crippen LogP contribution in [0.5, 0.6) is 0 Å². The van der Waals surface area contributed by atoms with Gasteiger partial charge in [-0.25, -0.2) is 12.1 Å². The Morgan fingerprint density at radius 2 is 1.67 bits per heavy atom. The fourth-order valence-electron chi connectivity index (χ4n) is 0.959. The molecule has 0 heterocycles. The minimum atomic E-state index is 0.